The molecule has 264 valence electrons. The molecule has 2 aromatic carbocycles. The van der Waals surface area contributed by atoms with Crippen molar-refractivity contribution in [3.05, 3.63) is 104 Å². The molecule has 3 aliphatic rings. The van der Waals surface area contributed by atoms with E-state index >= 15 is 0 Å². The Morgan fingerprint density at radius 1 is 0.882 bits per heavy atom. The number of hydrogen-bond donors (Lipinski definition) is 0. The van der Waals surface area contributed by atoms with Gasteiger partial charge in [-0.05, 0) is 84.0 Å². The Kier molecular flexibility index (Phi) is 10.5. The molecule has 1 aliphatic heterocycles. The zero-order valence-corrected chi connectivity index (χ0v) is 31.8. The van der Waals surface area contributed by atoms with Gasteiger partial charge in [0.15, 0.2) is 0 Å². The van der Waals surface area contributed by atoms with Gasteiger partial charge in [0.25, 0.3) is 0 Å². The lowest BCUT2D eigenvalue weighted by atomic mass is 9.93. The van der Waals surface area contributed by atoms with Crippen LogP contribution in [0, 0.1) is 34.5 Å². The van der Waals surface area contributed by atoms with Crippen LogP contribution in [0.4, 0.5) is 0 Å². The van der Waals surface area contributed by atoms with Crippen LogP contribution in [-0.4, -0.2) is 55.8 Å². The maximum Gasteiger partial charge on any atom is 0.218 e. The average Bonchev–Trinajstić information content (AvgIpc) is 4.02. The van der Waals surface area contributed by atoms with Gasteiger partial charge in [-0.25, -0.2) is 16.8 Å². The highest BCUT2D eigenvalue weighted by Crippen LogP contribution is 2.50. The van der Waals surface area contributed by atoms with E-state index in [1.807, 2.05) is 12.1 Å². The normalized spacial score (nSPS) is 18.9. The van der Waals surface area contributed by atoms with E-state index in [-0.39, 0.29) is 23.8 Å². The number of nitriles is 2. The number of nitrogens with zero attached hydrogens (tertiary/aromatic N) is 6. The molecule has 0 bridgehead atoms. The lowest BCUT2D eigenvalue weighted by Crippen LogP contribution is -2.38. The van der Waals surface area contributed by atoms with Crippen LogP contribution in [0.15, 0.2) is 61.2 Å². The standard InChI is InChI=1S/C18H17Cl2N3O2S.C18H16ClN3O2S/c1-23(26(2,24)25)18(11-3-4-11)15-10-22-9-14(17(15)20)12-5-6-13(8-21)16(19)7-12;1-22-18(11-2-3-11)15-9-21-8-14(16(15)10-25(22,23)24)12-4-5-13(7-20)17(19)6-12/h5-7,9-11,18H,3-4H2,1-2H3;4-6,8-9,11,18H,2-3,10H2,1H3. The van der Waals surface area contributed by atoms with Crippen molar-refractivity contribution in [2.24, 2.45) is 11.8 Å². The molecule has 51 heavy (non-hydrogen) atoms. The molecule has 0 radical (unpaired) electrons. The fourth-order valence-corrected chi connectivity index (χ4v) is 9.55. The van der Waals surface area contributed by atoms with Gasteiger partial charge in [-0.2, -0.15) is 19.1 Å². The molecule has 3 heterocycles. The third-order valence-corrected chi connectivity index (χ3v) is 13.7. The van der Waals surface area contributed by atoms with Gasteiger partial charge in [0.2, 0.25) is 20.0 Å². The van der Waals surface area contributed by atoms with Crippen molar-refractivity contribution in [1.29, 1.82) is 10.5 Å². The minimum atomic E-state index is -3.38. The van der Waals surface area contributed by atoms with Crippen molar-refractivity contribution in [1.82, 2.24) is 18.6 Å². The van der Waals surface area contributed by atoms with Crippen LogP contribution in [0.1, 0.15) is 65.6 Å². The second-order valence-corrected chi connectivity index (χ2v) is 18.3. The second-order valence-electron chi connectivity index (χ2n) is 13.1. The van der Waals surface area contributed by atoms with Gasteiger partial charge in [-0.1, -0.05) is 46.9 Å². The maximum absolute atomic E-state index is 12.7. The van der Waals surface area contributed by atoms with Crippen molar-refractivity contribution in [3.8, 4) is 34.4 Å². The van der Waals surface area contributed by atoms with E-state index in [0.717, 1.165) is 53.5 Å². The molecule has 2 saturated carbocycles. The molecule has 7 rings (SSSR count). The summed E-state index contributed by atoms with van der Waals surface area (Å²) < 4.78 is 52.4. The van der Waals surface area contributed by atoms with Gasteiger partial charge in [0.05, 0.1) is 50.3 Å². The number of fused-ring (bicyclic) bond motifs is 1. The van der Waals surface area contributed by atoms with E-state index in [1.54, 1.807) is 75.3 Å². The van der Waals surface area contributed by atoms with Crippen LogP contribution < -0.4 is 0 Å². The molecule has 0 saturated heterocycles. The minimum Gasteiger partial charge on any atom is -0.264 e. The van der Waals surface area contributed by atoms with E-state index in [0.29, 0.717) is 43.2 Å². The van der Waals surface area contributed by atoms with Gasteiger partial charge in [0, 0.05) is 55.6 Å². The lowest BCUT2D eigenvalue weighted by molar-refractivity contribution is 0.331. The van der Waals surface area contributed by atoms with E-state index in [9.17, 15) is 16.8 Å². The third kappa shape index (κ3) is 7.65. The number of aromatic nitrogens is 2. The number of rotatable bonds is 7. The number of hydrogen-bond acceptors (Lipinski definition) is 8. The summed E-state index contributed by atoms with van der Waals surface area (Å²) in [4.78, 5) is 8.64. The van der Waals surface area contributed by atoms with Crippen molar-refractivity contribution in [2.75, 3.05) is 20.4 Å². The molecule has 2 aromatic heterocycles. The van der Waals surface area contributed by atoms with Crippen LogP contribution in [0.25, 0.3) is 22.3 Å². The molecular weight excluding hydrogens is 751 g/mol. The van der Waals surface area contributed by atoms with Crippen LogP contribution >= 0.6 is 34.8 Å². The van der Waals surface area contributed by atoms with E-state index in [2.05, 4.69) is 9.97 Å². The Hall–Kier alpha value is -3.59. The first-order valence-corrected chi connectivity index (χ1v) is 20.6. The molecule has 0 N–H and O–H groups in total. The maximum atomic E-state index is 12.7. The predicted molar refractivity (Wildman–Crippen MR) is 198 cm³/mol. The Morgan fingerprint density at radius 2 is 1.43 bits per heavy atom. The van der Waals surface area contributed by atoms with Crippen molar-refractivity contribution in [3.63, 3.8) is 0 Å². The first-order valence-electron chi connectivity index (χ1n) is 16.0. The fourth-order valence-electron chi connectivity index (χ4n) is 6.56. The summed E-state index contributed by atoms with van der Waals surface area (Å²) in [6.07, 6.45) is 11.9. The lowest BCUT2D eigenvalue weighted by Gasteiger charge is -2.34. The summed E-state index contributed by atoms with van der Waals surface area (Å²) in [5.41, 5.74) is 6.17. The molecule has 2 fully saturated rings. The average molecular weight is 784 g/mol. The first kappa shape index (κ1) is 37.2. The van der Waals surface area contributed by atoms with E-state index < -0.39 is 20.0 Å². The number of benzene rings is 2. The molecule has 2 atom stereocenters. The summed E-state index contributed by atoms with van der Waals surface area (Å²) in [6, 6.07) is 13.8. The van der Waals surface area contributed by atoms with Crippen LogP contribution in [0.2, 0.25) is 15.1 Å². The van der Waals surface area contributed by atoms with Crippen molar-refractivity contribution < 1.29 is 16.8 Å². The molecule has 0 amide bonds. The summed E-state index contributed by atoms with van der Waals surface area (Å²) in [6.45, 7) is 0. The third-order valence-electron chi connectivity index (χ3n) is 9.65. The SMILES string of the molecule is CN(C(c1cncc(-c2ccc(C#N)c(Cl)c2)c1Cl)C1CC1)S(C)(=O)=O.CN1C(C2CC2)c2cncc(-c3ccc(C#N)c(Cl)c3)c2CS1(=O)=O. The van der Waals surface area contributed by atoms with Gasteiger partial charge in [-0.15, -0.1) is 0 Å². The Labute approximate surface area is 313 Å². The molecule has 2 unspecified atom stereocenters. The zero-order valence-electron chi connectivity index (χ0n) is 27.9. The summed E-state index contributed by atoms with van der Waals surface area (Å²) in [5.74, 6) is 0.548. The Balaban J connectivity index is 0.000000176. The Bertz CT molecular complexity index is 2340. The summed E-state index contributed by atoms with van der Waals surface area (Å²) in [7, 11) is -3.51. The van der Waals surface area contributed by atoms with Crippen LogP contribution in [-0.2, 0) is 25.8 Å². The van der Waals surface area contributed by atoms with Crippen LogP contribution in [0.3, 0.4) is 0 Å². The first-order chi connectivity index (χ1) is 24.2. The van der Waals surface area contributed by atoms with Crippen LogP contribution in [0.5, 0.6) is 0 Å². The minimum absolute atomic E-state index is 0.0441. The monoisotopic (exact) mass is 782 g/mol. The largest absolute Gasteiger partial charge is 0.264 e. The smallest absolute Gasteiger partial charge is 0.218 e. The quantitative estimate of drug-likeness (QED) is 0.185. The molecule has 0 spiro atoms. The highest BCUT2D eigenvalue weighted by molar-refractivity contribution is 7.88. The summed E-state index contributed by atoms with van der Waals surface area (Å²) >= 11 is 19.0. The summed E-state index contributed by atoms with van der Waals surface area (Å²) in [5, 5.41) is 19.2. The molecule has 10 nitrogen and oxygen atoms in total. The number of sulfonamides is 2. The number of halogens is 3. The van der Waals surface area contributed by atoms with Gasteiger partial charge >= 0.3 is 0 Å². The van der Waals surface area contributed by atoms with E-state index in [1.165, 1.54) is 14.9 Å². The fraction of sp³-hybridized carbons (Fsp3) is 0.333. The molecule has 2 aliphatic carbocycles. The Morgan fingerprint density at radius 3 is 1.94 bits per heavy atom. The highest BCUT2D eigenvalue weighted by atomic mass is 35.5. The van der Waals surface area contributed by atoms with Gasteiger partial charge in [0.1, 0.15) is 12.1 Å². The zero-order chi connectivity index (χ0) is 36.8. The predicted octanol–water partition coefficient (Wildman–Crippen LogP) is 7.77. The van der Waals surface area contributed by atoms with Gasteiger partial charge in [-0.3, -0.25) is 9.97 Å². The topological polar surface area (TPSA) is 148 Å². The van der Waals surface area contributed by atoms with E-state index in [4.69, 9.17) is 45.3 Å². The highest BCUT2D eigenvalue weighted by Gasteiger charge is 2.45. The van der Waals surface area contributed by atoms with Gasteiger partial charge < -0.3 is 0 Å². The number of pyridine rings is 2. The second kappa shape index (κ2) is 14.4. The van der Waals surface area contributed by atoms with Crippen molar-refractivity contribution in [2.45, 2.75) is 43.5 Å². The molecule has 4 aromatic rings. The molecule has 15 heteroatoms. The van der Waals surface area contributed by atoms with Crippen molar-refractivity contribution >= 4 is 54.8 Å². The molecular formula is C36H33Cl3N6O4S2.